The summed E-state index contributed by atoms with van der Waals surface area (Å²) >= 11 is 6.56. The van der Waals surface area contributed by atoms with Crippen molar-refractivity contribution in [2.45, 2.75) is 5.92 Å². The average Bonchev–Trinajstić information content (AvgIpc) is 2.82. The van der Waals surface area contributed by atoms with E-state index < -0.39 is 23.8 Å². The van der Waals surface area contributed by atoms with Crippen molar-refractivity contribution in [3.63, 3.8) is 0 Å². The number of halogens is 2. The van der Waals surface area contributed by atoms with Crippen molar-refractivity contribution in [1.82, 2.24) is 0 Å². The molecule has 0 aliphatic carbocycles. The number of carbonyl (C=O) groups is 3. The Labute approximate surface area is 211 Å². The Bertz CT molecular complexity index is 1300. The van der Waals surface area contributed by atoms with Gasteiger partial charge in [0.25, 0.3) is 0 Å². The topological polar surface area (TPSA) is 143 Å². The lowest BCUT2D eigenvalue weighted by Crippen LogP contribution is -2.41. The molecule has 0 saturated carbocycles. The summed E-state index contributed by atoms with van der Waals surface area (Å²) < 4.78 is 10.6. The minimum Gasteiger partial charge on any atom is -0.478 e. The summed E-state index contributed by atoms with van der Waals surface area (Å²) in [5, 5.41) is 19.9. The Morgan fingerprint density at radius 2 is 1.71 bits per heavy atom. The van der Waals surface area contributed by atoms with Crippen molar-refractivity contribution < 1.29 is 29.0 Å². The van der Waals surface area contributed by atoms with Crippen molar-refractivity contribution in [2.24, 2.45) is 5.73 Å². The van der Waals surface area contributed by atoms with Crippen molar-refractivity contribution in [2.75, 3.05) is 19.1 Å². The zero-order chi connectivity index (χ0) is 25.2. The molecule has 9 nitrogen and oxygen atoms in total. The summed E-state index contributed by atoms with van der Waals surface area (Å²) in [5.41, 5.74) is 5.91. The number of nitrogens with zero attached hydrogens (tertiary/aromatic N) is 2. The van der Waals surface area contributed by atoms with Crippen LogP contribution in [0, 0.1) is 11.3 Å². The van der Waals surface area contributed by atoms with Gasteiger partial charge in [-0.1, -0.05) is 46.3 Å². The van der Waals surface area contributed by atoms with Crippen molar-refractivity contribution in [3.05, 3.63) is 85.2 Å². The molecule has 174 valence electrons. The van der Waals surface area contributed by atoms with Gasteiger partial charge in [-0.15, -0.1) is 0 Å². The highest BCUT2D eigenvalue weighted by Gasteiger charge is 2.44. The maximum Gasteiger partial charge on any atom is 0.355 e. The number of ether oxygens (including phenoxy) is 2. The molecule has 3 rings (SSSR count). The number of hydrogen-bond acceptors (Lipinski definition) is 8. The molecule has 2 aromatic rings. The number of carboxylic acid groups (broad SMARTS) is 1. The van der Waals surface area contributed by atoms with Gasteiger partial charge in [-0.2, -0.15) is 5.26 Å². The van der Waals surface area contributed by atoms with Crippen LogP contribution in [-0.2, 0) is 19.1 Å². The number of carboxylic acids is 1. The van der Waals surface area contributed by atoms with E-state index in [1.807, 2.05) is 6.07 Å². The number of rotatable bonds is 5. The molecule has 0 spiro atoms. The highest BCUT2D eigenvalue weighted by molar-refractivity contribution is 9.11. The van der Waals surface area contributed by atoms with Crippen LogP contribution in [0.4, 0.5) is 5.69 Å². The highest BCUT2D eigenvalue weighted by Crippen LogP contribution is 2.46. The molecule has 11 heteroatoms. The number of hydrogen-bond donors (Lipinski definition) is 2. The number of anilines is 1. The summed E-state index contributed by atoms with van der Waals surface area (Å²) in [7, 11) is 2.23. The smallest absolute Gasteiger partial charge is 0.355 e. The first kappa shape index (κ1) is 25.0. The number of esters is 2. The zero-order valence-corrected chi connectivity index (χ0v) is 21.0. The second kappa shape index (κ2) is 10.1. The van der Waals surface area contributed by atoms with Gasteiger partial charge in [0.2, 0.25) is 0 Å². The third-order valence-electron chi connectivity index (χ3n) is 5.09. The Balaban J connectivity index is 2.53. The van der Waals surface area contributed by atoms with E-state index in [0.29, 0.717) is 10.0 Å². The molecule has 34 heavy (non-hydrogen) atoms. The molecule has 0 amide bonds. The van der Waals surface area contributed by atoms with Crippen LogP contribution in [0.1, 0.15) is 21.8 Å². The normalized spacial score (nSPS) is 15.6. The number of aromatic carboxylic acids is 1. The summed E-state index contributed by atoms with van der Waals surface area (Å²) in [6, 6.07) is 13.3. The molecule has 1 heterocycles. The van der Waals surface area contributed by atoms with Gasteiger partial charge in [0.05, 0.1) is 48.6 Å². The molecule has 1 atom stereocenters. The van der Waals surface area contributed by atoms with Crippen molar-refractivity contribution >= 4 is 55.5 Å². The highest BCUT2D eigenvalue weighted by atomic mass is 79.9. The predicted octanol–water partition coefficient (Wildman–Crippen LogP) is 3.81. The summed E-state index contributed by atoms with van der Waals surface area (Å²) in [5.74, 6) is -4.53. The third-order valence-corrected chi connectivity index (χ3v) is 6.15. The van der Waals surface area contributed by atoms with Crippen LogP contribution in [-0.4, -0.2) is 37.2 Å². The molecule has 0 radical (unpaired) electrons. The first-order chi connectivity index (χ1) is 16.2. The number of methoxy groups -OCH3 is 2. The summed E-state index contributed by atoms with van der Waals surface area (Å²) in [6.07, 6.45) is 0. The fraction of sp³-hybridized carbons (Fsp3) is 0.130. The van der Waals surface area contributed by atoms with E-state index in [2.05, 4.69) is 31.9 Å². The molecule has 0 saturated heterocycles. The van der Waals surface area contributed by atoms with Crippen LogP contribution in [0.3, 0.4) is 0 Å². The number of nitrogens with two attached hydrogens (primary N) is 1. The minimum atomic E-state index is -1.34. The lowest BCUT2D eigenvalue weighted by molar-refractivity contribution is -0.139. The quantitative estimate of drug-likeness (QED) is 0.497. The van der Waals surface area contributed by atoms with E-state index in [9.17, 15) is 24.8 Å². The Morgan fingerprint density at radius 3 is 2.24 bits per heavy atom. The molecule has 0 bridgehead atoms. The van der Waals surface area contributed by atoms with Crippen molar-refractivity contribution in [3.8, 4) is 6.07 Å². The molecular formula is C23H17Br2N3O6. The first-order valence-electron chi connectivity index (χ1n) is 9.55. The largest absolute Gasteiger partial charge is 0.478 e. The number of benzene rings is 2. The number of allylic oxidation sites excluding steroid dienone is 1. The lowest BCUT2D eigenvalue weighted by atomic mass is 9.80. The van der Waals surface area contributed by atoms with E-state index in [1.54, 1.807) is 30.3 Å². The van der Waals surface area contributed by atoms with Crippen LogP contribution in [0.5, 0.6) is 0 Å². The van der Waals surface area contributed by atoms with Gasteiger partial charge in [0.15, 0.2) is 0 Å². The third kappa shape index (κ3) is 4.30. The lowest BCUT2D eigenvalue weighted by Gasteiger charge is -2.36. The summed E-state index contributed by atoms with van der Waals surface area (Å²) in [4.78, 5) is 39.3. The molecule has 2 aromatic carbocycles. The van der Waals surface area contributed by atoms with Gasteiger partial charge >= 0.3 is 17.9 Å². The van der Waals surface area contributed by atoms with E-state index in [1.165, 1.54) is 12.1 Å². The number of carbonyl (C=O) groups excluding carboxylic acids is 2. The standard InChI is InChI=1S/C23H17Br2N3O6/c1-33-22(31)17-16(11-6-4-3-5-7-11)14(10-26)20(27)28(19(17)23(32)34-2)18-13(21(29)30)8-12(24)9-15(18)25/h3-9,16H,27H2,1-2H3,(H,29,30). The fourth-order valence-electron chi connectivity index (χ4n) is 3.70. The SMILES string of the molecule is COC(=O)C1=C(C(=O)OC)N(c2c(Br)cc(Br)cc2C(=O)O)C(N)=C(C#N)C1c1ccccc1. The van der Waals surface area contributed by atoms with Gasteiger partial charge in [-0.3, -0.25) is 4.90 Å². The first-order valence-corrected chi connectivity index (χ1v) is 11.1. The Hall–Kier alpha value is -3.62. The van der Waals surface area contributed by atoms with Gasteiger partial charge in [-0.05, 0) is 33.6 Å². The fourth-order valence-corrected chi connectivity index (χ4v) is 5.10. The molecule has 0 aromatic heterocycles. The van der Waals surface area contributed by atoms with E-state index in [4.69, 9.17) is 15.2 Å². The summed E-state index contributed by atoms with van der Waals surface area (Å²) in [6.45, 7) is 0. The van der Waals surface area contributed by atoms with Crippen LogP contribution in [0.15, 0.2) is 74.1 Å². The van der Waals surface area contributed by atoms with E-state index >= 15 is 0 Å². The van der Waals surface area contributed by atoms with Crippen LogP contribution in [0.25, 0.3) is 0 Å². The van der Waals surface area contributed by atoms with Gasteiger partial charge < -0.3 is 20.3 Å². The molecule has 3 N–H and O–H groups in total. The monoisotopic (exact) mass is 589 g/mol. The Kier molecular flexibility index (Phi) is 7.44. The average molecular weight is 591 g/mol. The maximum atomic E-state index is 13.1. The minimum absolute atomic E-state index is 0.0748. The van der Waals surface area contributed by atoms with Gasteiger partial charge in [0, 0.05) is 8.95 Å². The molecular weight excluding hydrogens is 574 g/mol. The van der Waals surface area contributed by atoms with E-state index in [0.717, 1.165) is 19.1 Å². The molecule has 0 fully saturated rings. The second-order valence-electron chi connectivity index (χ2n) is 6.92. The molecule has 1 aliphatic heterocycles. The number of nitriles is 1. The van der Waals surface area contributed by atoms with Gasteiger partial charge in [0.1, 0.15) is 11.5 Å². The van der Waals surface area contributed by atoms with Crippen LogP contribution < -0.4 is 10.6 Å². The molecule has 1 aliphatic rings. The maximum absolute atomic E-state index is 13.1. The van der Waals surface area contributed by atoms with Crippen LogP contribution >= 0.6 is 31.9 Å². The van der Waals surface area contributed by atoms with Crippen molar-refractivity contribution in [1.29, 1.82) is 5.26 Å². The molecule has 1 unspecified atom stereocenters. The van der Waals surface area contributed by atoms with Gasteiger partial charge in [-0.25, -0.2) is 14.4 Å². The Morgan fingerprint density at radius 1 is 1.09 bits per heavy atom. The van der Waals surface area contributed by atoms with E-state index in [-0.39, 0.29) is 38.4 Å². The second-order valence-corrected chi connectivity index (χ2v) is 8.69. The predicted molar refractivity (Wildman–Crippen MR) is 128 cm³/mol. The zero-order valence-electron chi connectivity index (χ0n) is 17.8. The van der Waals surface area contributed by atoms with Crippen LogP contribution in [0.2, 0.25) is 0 Å².